The maximum absolute atomic E-state index is 12.4. The Morgan fingerprint density at radius 1 is 0.794 bits per heavy atom. The smallest absolute Gasteiger partial charge is 0.343 e. The normalized spacial score (nSPS) is 10.3. The number of hydrogen-bond donors (Lipinski definition) is 0. The molecule has 0 fully saturated rings. The third kappa shape index (κ3) is 9.40. The van der Waals surface area contributed by atoms with E-state index >= 15 is 0 Å². The number of rotatable bonds is 15. The van der Waals surface area contributed by atoms with E-state index in [-0.39, 0.29) is 18.0 Å². The molecule has 0 heterocycles. The maximum atomic E-state index is 12.4. The average Bonchev–Trinajstić information content (AvgIpc) is 2.86. The van der Waals surface area contributed by atoms with Gasteiger partial charge in [0.05, 0.1) is 25.2 Å². The summed E-state index contributed by atoms with van der Waals surface area (Å²) in [7, 11) is 0. The summed E-state index contributed by atoms with van der Waals surface area (Å²) in [6.07, 6.45) is 4.90. The fourth-order valence-electron chi connectivity index (χ4n) is 2.95. The second-order valence-corrected chi connectivity index (χ2v) is 7.56. The Labute approximate surface area is 199 Å². The molecule has 0 aliphatic heterocycles. The highest BCUT2D eigenvalue weighted by Crippen LogP contribution is 2.18. The summed E-state index contributed by atoms with van der Waals surface area (Å²) in [5.74, 6) is -0.333. The van der Waals surface area contributed by atoms with Crippen LogP contribution in [0.5, 0.6) is 11.5 Å². The van der Waals surface area contributed by atoms with Crippen LogP contribution in [0.2, 0.25) is 0 Å². The third-order valence-electron chi connectivity index (χ3n) is 4.95. The van der Waals surface area contributed by atoms with Crippen molar-refractivity contribution in [3.63, 3.8) is 0 Å². The molecule has 0 spiro atoms. The standard InChI is InChI=1S/C27H30O7/c1-3-22(28)19-25(29)20-9-15-24(16-10-20)34-27(31)21-11-13-23(14-12-21)32-17-7-5-6-8-18-33-26(30)4-2/h4,9-16H,2-3,5-8,17-19H2,1H3. The van der Waals surface area contributed by atoms with Gasteiger partial charge < -0.3 is 14.2 Å². The minimum absolute atomic E-state index is 0.114. The molecule has 34 heavy (non-hydrogen) atoms. The van der Waals surface area contributed by atoms with Crippen molar-refractivity contribution in [1.29, 1.82) is 0 Å². The molecule has 7 heteroatoms. The molecule has 0 atom stereocenters. The number of ether oxygens (including phenoxy) is 3. The first-order valence-corrected chi connectivity index (χ1v) is 11.3. The van der Waals surface area contributed by atoms with E-state index in [0.29, 0.717) is 42.3 Å². The highest BCUT2D eigenvalue weighted by molar-refractivity contribution is 6.07. The van der Waals surface area contributed by atoms with E-state index < -0.39 is 11.9 Å². The van der Waals surface area contributed by atoms with Crippen molar-refractivity contribution in [3.05, 3.63) is 72.3 Å². The first kappa shape index (κ1) is 26.5. The topological polar surface area (TPSA) is 96.0 Å². The summed E-state index contributed by atoms with van der Waals surface area (Å²) in [6.45, 7) is 6.00. The van der Waals surface area contributed by atoms with Crippen LogP contribution < -0.4 is 9.47 Å². The second kappa shape index (κ2) is 14.4. The van der Waals surface area contributed by atoms with Crippen LogP contribution in [0.3, 0.4) is 0 Å². The Hall–Kier alpha value is -3.74. The molecule has 0 saturated heterocycles. The molecule has 2 aromatic carbocycles. The predicted octanol–water partition coefficient (Wildman–Crippen LogP) is 5.13. The van der Waals surface area contributed by atoms with Gasteiger partial charge in [0.2, 0.25) is 0 Å². The molecule has 0 aliphatic carbocycles. The monoisotopic (exact) mass is 466 g/mol. The summed E-state index contributed by atoms with van der Waals surface area (Å²) in [6, 6.07) is 12.8. The van der Waals surface area contributed by atoms with Crippen molar-refractivity contribution in [2.45, 2.75) is 45.4 Å². The minimum Gasteiger partial charge on any atom is -0.494 e. The van der Waals surface area contributed by atoms with Crippen LogP contribution in [0.1, 0.15) is 66.2 Å². The SMILES string of the molecule is C=CC(=O)OCCCCCCOc1ccc(C(=O)Oc2ccc(C(=O)CC(=O)CC)cc2)cc1. The molecule has 0 amide bonds. The largest absolute Gasteiger partial charge is 0.494 e. The molecular weight excluding hydrogens is 436 g/mol. The lowest BCUT2D eigenvalue weighted by Gasteiger charge is -2.08. The van der Waals surface area contributed by atoms with E-state index in [4.69, 9.17) is 14.2 Å². The molecule has 7 nitrogen and oxygen atoms in total. The highest BCUT2D eigenvalue weighted by Gasteiger charge is 2.12. The van der Waals surface area contributed by atoms with Crippen LogP contribution in [0.4, 0.5) is 0 Å². The number of benzene rings is 2. The van der Waals surface area contributed by atoms with E-state index in [2.05, 4.69) is 6.58 Å². The predicted molar refractivity (Wildman–Crippen MR) is 127 cm³/mol. The molecule has 0 unspecified atom stereocenters. The zero-order valence-corrected chi connectivity index (χ0v) is 19.4. The summed E-state index contributed by atoms with van der Waals surface area (Å²) in [4.78, 5) is 46.7. The van der Waals surface area contributed by atoms with Gasteiger partial charge in [-0.2, -0.15) is 0 Å². The van der Waals surface area contributed by atoms with E-state index in [1.54, 1.807) is 43.3 Å². The molecule has 180 valence electrons. The van der Waals surface area contributed by atoms with Crippen molar-refractivity contribution in [2.75, 3.05) is 13.2 Å². The van der Waals surface area contributed by atoms with Gasteiger partial charge in [0, 0.05) is 18.1 Å². The van der Waals surface area contributed by atoms with Crippen LogP contribution in [0.15, 0.2) is 61.2 Å². The molecule has 0 N–H and O–H groups in total. The number of ketones is 2. The van der Waals surface area contributed by atoms with Gasteiger partial charge in [-0.05, 0) is 74.2 Å². The summed E-state index contributed by atoms with van der Waals surface area (Å²) < 4.78 is 16.0. The lowest BCUT2D eigenvalue weighted by atomic mass is 10.1. The van der Waals surface area contributed by atoms with Crippen LogP contribution in [0, 0.1) is 0 Å². The van der Waals surface area contributed by atoms with Gasteiger partial charge >= 0.3 is 11.9 Å². The van der Waals surface area contributed by atoms with Crippen LogP contribution in [-0.4, -0.2) is 36.7 Å². The van der Waals surface area contributed by atoms with Crippen molar-refractivity contribution in [2.24, 2.45) is 0 Å². The molecule has 0 bridgehead atoms. The van der Waals surface area contributed by atoms with Crippen molar-refractivity contribution < 1.29 is 33.4 Å². The Balaban J connectivity index is 1.71. The Morgan fingerprint density at radius 3 is 2.00 bits per heavy atom. The number of hydrogen-bond acceptors (Lipinski definition) is 7. The molecule has 0 aliphatic rings. The Kier molecular flexibility index (Phi) is 11.2. The van der Waals surface area contributed by atoms with Gasteiger partial charge in [0.15, 0.2) is 5.78 Å². The maximum Gasteiger partial charge on any atom is 0.343 e. The number of Topliss-reactive ketones (excluding diaryl/α,β-unsaturated/α-hetero) is 2. The summed E-state index contributed by atoms with van der Waals surface area (Å²) in [5, 5.41) is 0. The first-order valence-electron chi connectivity index (χ1n) is 11.3. The Bertz CT molecular complexity index is 975. The lowest BCUT2D eigenvalue weighted by molar-refractivity contribution is -0.137. The van der Waals surface area contributed by atoms with Crippen molar-refractivity contribution in [3.8, 4) is 11.5 Å². The number of esters is 2. The summed E-state index contributed by atoms with van der Waals surface area (Å²) >= 11 is 0. The first-order chi connectivity index (χ1) is 16.4. The van der Waals surface area contributed by atoms with Crippen LogP contribution in [0.25, 0.3) is 0 Å². The molecule has 0 aromatic heterocycles. The summed E-state index contributed by atoms with van der Waals surface area (Å²) in [5.41, 5.74) is 0.773. The van der Waals surface area contributed by atoms with Gasteiger partial charge in [-0.25, -0.2) is 9.59 Å². The number of carbonyl (C=O) groups excluding carboxylic acids is 4. The van der Waals surface area contributed by atoms with Crippen LogP contribution >= 0.6 is 0 Å². The lowest BCUT2D eigenvalue weighted by Crippen LogP contribution is -2.09. The molecule has 0 radical (unpaired) electrons. The zero-order valence-electron chi connectivity index (χ0n) is 19.4. The fraction of sp³-hybridized carbons (Fsp3) is 0.333. The van der Waals surface area contributed by atoms with E-state index in [0.717, 1.165) is 31.8 Å². The second-order valence-electron chi connectivity index (χ2n) is 7.56. The van der Waals surface area contributed by atoms with E-state index in [1.165, 1.54) is 12.1 Å². The van der Waals surface area contributed by atoms with Crippen LogP contribution in [-0.2, 0) is 14.3 Å². The highest BCUT2D eigenvalue weighted by atomic mass is 16.5. The molecule has 2 aromatic rings. The average molecular weight is 467 g/mol. The van der Waals surface area contributed by atoms with Gasteiger partial charge in [0.25, 0.3) is 0 Å². The molecular formula is C27H30O7. The van der Waals surface area contributed by atoms with Crippen molar-refractivity contribution in [1.82, 2.24) is 0 Å². The quantitative estimate of drug-likeness (QED) is 0.0897. The fourth-order valence-corrected chi connectivity index (χ4v) is 2.95. The van der Waals surface area contributed by atoms with Gasteiger partial charge in [-0.15, -0.1) is 0 Å². The third-order valence-corrected chi connectivity index (χ3v) is 4.95. The van der Waals surface area contributed by atoms with Crippen molar-refractivity contribution >= 4 is 23.5 Å². The molecule has 2 rings (SSSR count). The number of carbonyl (C=O) groups is 4. The van der Waals surface area contributed by atoms with Gasteiger partial charge in [0.1, 0.15) is 17.3 Å². The zero-order chi connectivity index (χ0) is 24.8. The van der Waals surface area contributed by atoms with Gasteiger partial charge in [-0.1, -0.05) is 13.5 Å². The van der Waals surface area contributed by atoms with Gasteiger partial charge in [-0.3, -0.25) is 9.59 Å². The minimum atomic E-state index is -0.524. The molecule has 0 saturated carbocycles. The number of unbranched alkanes of at least 4 members (excludes halogenated alkanes) is 3. The van der Waals surface area contributed by atoms with E-state index in [1.807, 2.05) is 0 Å². The van der Waals surface area contributed by atoms with E-state index in [9.17, 15) is 19.2 Å². The Morgan fingerprint density at radius 2 is 1.38 bits per heavy atom.